The van der Waals surface area contributed by atoms with E-state index in [1.807, 2.05) is 39.8 Å². The number of nitrogens with one attached hydrogen (secondary N) is 1. The molecule has 174 valence electrons. The number of amides is 1. The third-order valence-corrected chi connectivity index (χ3v) is 7.29. The number of nitrogens with zero attached hydrogens (tertiary/aromatic N) is 1. The molecule has 3 aromatic rings. The number of sulfonamides is 1. The second-order valence-electron chi connectivity index (χ2n) is 8.18. The molecule has 0 unspecified atom stereocenters. The smallest absolute Gasteiger partial charge is 0.264 e. The number of hydrogen-bond donors (Lipinski definition) is 1. The number of methoxy groups -OCH3 is 1. The summed E-state index contributed by atoms with van der Waals surface area (Å²) in [7, 11) is -2.48. The predicted molar refractivity (Wildman–Crippen MR) is 131 cm³/mol. The van der Waals surface area contributed by atoms with Gasteiger partial charge in [-0.25, -0.2) is 8.42 Å². The van der Waals surface area contributed by atoms with Gasteiger partial charge in [-0.2, -0.15) is 0 Å². The highest BCUT2D eigenvalue weighted by atomic mass is 32.2. The summed E-state index contributed by atoms with van der Waals surface area (Å²) in [5.41, 5.74) is 4.50. The van der Waals surface area contributed by atoms with Crippen LogP contribution in [0.25, 0.3) is 0 Å². The Morgan fingerprint density at radius 3 is 2.27 bits per heavy atom. The van der Waals surface area contributed by atoms with Gasteiger partial charge in [0.1, 0.15) is 12.3 Å². The van der Waals surface area contributed by atoms with Crippen molar-refractivity contribution in [2.24, 2.45) is 0 Å². The van der Waals surface area contributed by atoms with Crippen molar-refractivity contribution in [3.8, 4) is 5.75 Å². The van der Waals surface area contributed by atoms with Crippen molar-refractivity contribution >= 4 is 21.6 Å². The van der Waals surface area contributed by atoms with Crippen molar-refractivity contribution in [3.05, 3.63) is 89.0 Å². The largest absolute Gasteiger partial charge is 0.497 e. The molecule has 0 fully saturated rings. The first-order valence-corrected chi connectivity index (χ1v) is 12.2. The Morgan fingerprint density at radius 2 is 1.64 bits per heavy atom. The van der Waals surface area contributed by atoms with Crippen LogP contribution in [0.4, 0.5) is 5.69 Å². The maximum atomic E-state index is 13.5. The van der Waals surface area contributed by atoms with Crippen LogP contribution in [-0.2, 0) is 14.8 Å². The van der Waals surface area contributed by atoms with E-state index >= 15 is 0 Å². The Kier molecular flexibility index (Phi) is 7.43. The summed E-state index contributed by atoms with van der Waals surface area (Å²) in [5, 5.41) is 2.94. The molecular weight excluding hydrogens is 436 g/mol. The molecule has 0 saturated heterocycles. The van der Waals surface area contributed by atoms with Gasteiger partial charge in [-0.05, 0) is 63.1 Å². The van der Waals surface area contributed by atoms with Crippen molar-refractivity contribution in [3.63, 3.8) is 0 Å². The molecule has 3 rings (SSSR count). The monoisotopic (exact) mass is 466 g/mol. The van der Waals surface area contributed by atoms with Crippen molar-refractivity contribution < 1.29 is 17.9 Å². The van der Waals surface area contributed by atoms with E-state index in [4.69, 9.17) is 4.74 Å². The molecule has 33 heavy (non-hydrogen) atoms. The van der Waals surface area contributed by atoms with Crippen LogP contribution >= 0.6 is 0 Å². The number of carbonyl (C=O) groups excluding carboxylic acids is 1. The lowest BCUT2D eigenvalue weighted by molar-refractivity contribution is -0.120. The van der Waals surface area contributed by atoms with Crippen LogP contribution in [0.15, 0.2) is 71.6 Å². The minimum atomic E-state index is -3.99. The van der Waals surface area contributed by atoms with Crippen LogP contribution in [0.1, 0.15) is 35.2 Å². The second kappa shape index (κ2) is 10.1. The van der Waals surface area contributed by atoms with Gasteiger partial charge in [0, 0.05) is 6.07 Å². The van der Waals surface area contributed by atoms with Crippen LogP contribution in [0.2, 0.25) is 0 Å². The summed E-state index contributed by atoms with van der Waals surface area (Å²) < 4.78 is 33.4. The van der Waals surface area contributed by atoms with Gasteiger partial charge in [0.15, 0.2) is 0 Å². The van der Waals surface area contributed by atoms with E-state index in [-0.39, 0.29) is 17.5 Å². The fourth-order valence-electron chi connectivity index (χ4n) is 3.72. The fraction of sp³-hybridized carbons (Fsp3) is 0.269. The molecule has 0 radical (unpaired) electrons. The van der Waals surface area contributed by atoms with Crippen LogP contribution in [0.3, 0.4) is 0 Å². The molecule has 3 aromatic carbocycles. The zero-order valence-corrected chi connectivity index (χ0v) is 20.4. The summed E-state index contributed by atoms with van der Waals surface area (Å²) in [6, 6.07) is 19.0. The van der Waals surface area contributed by atoms with E-state index in [0.717, 1.165) is 26.6 Å². The molecule has 0 aliphatic rings. The molecule has 0 aliphatic heterocycles. The SMILES string of the molecule is COc1cccc(N(CC(=O)N[C@@H](C)c2ccc(C)cc2C)S(=O)(=O)c2ccc(C)cc2)c1. The van der Waals surface area contributed by atoms with Gasteiger partial charge in [-0.3, -0.25) is 9.10 Å². The Bertz CT molecular complexity index is 1240. The first kappa shape index (κ1) is 24.3. The average Bonchev–Trinajstić information content (AvgIpc) is 2.77. The standard InChI is InChI=1S/C26H30N2O4S/c1-18-9-12-24(13-10-18)33(30,31)28(22-7-6-8-23(16-22)32-5)17-26(29)27-21(4)25-14-11-19(2)15-20(25)3/h6-16,21H,17H2,1-5H3,(H,27,29)/t21-/m0/s1. The molecule has 0 bridgehead atoms. The normalized spacial score (nSPS) is 12.2. The Balaban J connectivity index is 1.92. The summed E-state index contributed by atoms with van der Waals surface area (Å²) >= 11 is 0. The Labute approximate surface area is 196 Å². The van der Waals surface area contributed by atoms with Crippen LogP contribution in [-0.4, -0.2) is 28.0 Å². The molecular formula is C26H30N2O4S. The third kappa shape index (κ3) is 5.73. The van der Waals surface area contributed by atoms with Crippen molar-refractivity contribution in [1.82, 2.24) is 5.32 Å². The minimum absolute atomic E-state index is 0.117. The number of ether oxygens (including phenoxy) is 1. The lowest BCUT2D eigenvalue weighted by atomic mass is 10.0. The molecule has 0 heterocycles. The van der Waals surface area contributed by atoms with Gasteiger partial charge < -0.3 is 10.1 Å². The highest BCUT2D eigenvalue weighted by molar-refractivity contribution is 7.92. The predicted octanol–water partition coefficient (Wildman–Crippen LogP) is 4.69. The Hall–Kier alpha value is -3.32. The van der Waals surface area contributed by atoms with E-state index in [1.54, 1.807) is 48.5 Å². The molecule has 0 spiro atoms. The summed E-state index contributed by atoms with van der Waals surface area (Å²) in [6.07, 6.45) is 0. The van der Waals surface area contributed by atoms with Gasteiger partial charge in [-0.1, -0.05) is 47.5 Å². The summed E-state index contributed by atoms with van der Waals surface area (Å²) in [6.45, 7) is 7.42. The lowest BCUT2D eigenvalue weighted by Gasteiger charge is -2.26. The van der Waals surface area contributed by atoms with Crippen molar-refractivity contribution in [1.29, 1.82) is 0 Å². The third-order valence-electron chi connectivity index (χ3n) is 5.51. The average molecular weight is 467 g/mol. The highest BCUT2D eigenvalue weighted by Crippen LogP contribution is 2.27. The quantitative estimate of drug-likeness (QED) is 0.522. The zero-order valence-electron chi connectivity index (χ0n) is 19.6. The molecule has 1 amide bonds. The first-order valence-electron chi connectivity index (χ1n) is 10.7. The molecule has 7 heteroatoms. The molecule has 0 aliphatic carbocycles. The van der Waals surface area contributed by atoms with E-state index < -0.39 is 15.9 Å². The second-order valence-corrected chi connectivity index (χ2v) is 10.0. The number of aryl methyl sites for hydroxylation is 3. The van der Waals surface area contributed by atoms with E-state index in [1.165, 1.54) is 7.11 Å². The van der Waals surface area contributed by atoms with Gasteiger partial charge >= 0.3 is 0 Å². The van der Waals surface area contributed by atoms with Crippen molar-refractivity contribution in [2.45, 2.75) is 38.6 Å². The van der Waals surface area contributed by atoms with Gasteiger partial charge in [0.2, 0.25) is 5.91 Å². The zero-order chi connectivity index (χ0) is 24.2. The summed E-state index contributed by atoms with van der Waals surface area (Å²) in [4.78, 5) is 13.1. The molecule has 0 saturated carbocycles. The summed E-state index contributed by atoms with van der Waals surface area (Å²) in [5.74, 6) is 0.0987. The number of rotatable bonds is 8. The van der Waals surface area contributed by atoms with Crippen molar-refractivity contribution in [2.75, 3.05) is 18.0 Å². The lowest BCUT2D eigenvalue weighted by Crippen LogP contribution is -2.41. The maximum absolute atomic E-state index is 13.5. The molecule has 6 nitrogen and oxygen atoms in total. The van der Waals surface area contributed by atoms with E-state index in [0.29, 0.717) is 11.4 Å². The van der Waals surface area contributed by atoms with Crippen LogP contribution < -0.4 is 14.4 Å². The fourth-order valence-corrected chi connectivity index (χ4v) is 5.14. The molecule has 1 N–H and O–H groups in total. The number of anilines is 1. The first-order chi connectivity index (χ1) is 15.6. The van der Waals surface area contributed by atoms with Gasteiger partial charge in [-0.15, -0.1) is 0 Å². The number of benzene rings is 3. The van der Waals surface area contributed by atoms with Crippen LogP contribution in [0, 0.1) is 20.8 Å². The number of hydrogen-bond acceptors (Lipinski definition) is 4. The van der Waals surface area contributed by atoms with E-state index in [9.17, 15) is 13.2 Å². The highest BCUT2D eigenvalue weighted by Gasteiger charge is 2.28. The molecule has 1 atom stereocenters. The Morgan fingerprint density at radius 1 is 0.970 bits per heavy atom. The van der Waals surface area contributed by atoms with E-state index in [2.05, 4.69) is 11.4 Å². The van der Waals surface area contributed by atoms with Gasteiger partial charge in [0.05, 0.1) is 23.7 Å². The maximum Gasteiger partial charge on any atom is 0.264 e. The van der Waals surface area contributed by atoms with Crippen LogP contribution in [0.5, 0.6) is 5.75 Å². The number of carbonyl (C=O) groups is 1. The minimum Gasteiger partial charge on any atom is -0.497 e. The van der Waals surface area contributed by atoms with Gasteiger partial charge in [0.25, 0.3) is 10.0 Å². The molecule has 0 aromatic heterocycles. The topological polar surface area (TPSA) is 75.7 Å².